The van der Waals surface area contributed by atoms with Crippen LogP contribution in [0.25, 0.3) is 81.8 Å². The Balaban J connectivity index is 1.40. The van der Waals surface area contributed by atoms with Crippen LogP contribution in [0.3, 0.4) is 0 Å². The highest BCUT2D eigenvalue weighted by atomic mass is 32.1. The minimum absolute atomic E-state index is 0.625. The minimum atomic E-state index is 0.625. The van der Waals surface area contributed by atoms with Gasteiger partial charge < -0.3 is 0 Å². The first-order valence-electron chi connectivity index (χ1n) is 14.6. The number of thiophene rings is 1. The summed E-state index contributed by atoms with van der Waals surface area (Å²) in [6.07, 6.45) is 0. The fraction of sp³-hybridized carbons (Fsp3) is 0. The zero-order valence-electron chi connectivity index (χ0n) is 23.6. The Morgan fingerprint density at radius 3 is 1.68 bits per heavy atom. The van der Waals surface area contributed by atoms with Gasteiger partial charge >= 0.3 is 0 Å². The quantitative estimate of drug-likeness (QED) is 0.208. The standard InChI is InChI=1S/C39H24N4S/c1-4-12-25(13-5-1)30-21-23-34-37(40-30)36-33(22-20-29-28-18-10-11-19-35(28)44-38(29)36)43(34)39-41-31(26-14-6-2-7-15-26)24-32(42-39)27-16-8-3-9-17-27/h1-24H. The van der Waals surface area contributed by atoms with Gasteiger partial charge in [-0.25, -0.2) is 15.0 Å². The van der Waals surface area contributed by atoms with E-state index in [1.807, 2.05) is 53.8 Å². The van der Waals surface area contributed by atoms with Crippen molar-refractivity contribution >= 4 is 53.4 Å². The van der Waals surface area contributed by atoms with E-state index in [0.29, 0.717) is 5.95 Å². The lowest BCUT2D eigenvalue weighted by atomic mass is 10.1. The second kappa shape index (κ2) is 9.97. The van der Waals surface area contributed by atoms with Gasteiger partial charge in [-0.05, 0) is 30.3 Å². The van der Waals surface area contributed by atoms with Crippen LogP contribution >= 0.6 is 11.3 Å². The lowest BCUT2D eigenvalue weighted by Gasteiger charge is -2.11. The number of benzene rings is 5. The van der Waals surface area contributed by atoms with Crippen molar-refractivity contribution in [2.24, 2.45) is 0 Å². The van der Waals surface area contributed by atoms with Gasteiger partial charge in [0.2, 0.25) is 5.95 Å². The highest BCUT2D eigenvalue weighted by molar-refractivity contribution is 7.26. The molecule has 206 valence electrons. The molecule has 4 aromatic heterocycles. The average molecular weight is 581 g/mol. The van der Waals surface area contributed by atoms with E-state index in [-0.39, 0.29) is 0 Å². The molecule has 0 bridgehead atoms. The Kier molecular flexibility index (Phi) is 5.64. The van der Waals surface area contributed by atoms with Crippen molar-refractivity contribution in [3.8, 4) is 39.7 Å². The van der Waals surface area contributed by atoms with Crippen molar-refractivity contribution in [2.45, 2.75) is 0 Å². The van der Waals surface area contributed by atoms with Crippen LogP contribution in [-0.4, -0.2) is 19.5 Å². The predicted octanol–water partition coefficient (Wildman–Crippen LogP) is 10.3. The zero-order valence-corrected chi connectivity index (χ0v) is 24.4. The van der Waals surface area contributed by atoms with Crippen molar-refractivity contribution in [2.75, 3.05) is 0 Å². The Labute approximate surface area is 257 Å². The molecule has 0 saturated carbocycles. The lowest BCUT2D eigenvalue weighted by Crippen LogP contribution is -2.04. The van der Waals surface area contributed by atoms with Crippen molar-refractivity contribution in [1.29, 1.82) is 0 Å². The summed E-state index contributed by atoms with van der Waals surface area (Å²) in [6.45, 7) is 0. The molecule has 44 heavy (non-hydrogen) atoms. The van der Waals surface area contributed by atoms with Gasteiger partial charge in [0, 0.05) is 42.2 Å². The van der Waals surface area contributed by atoms with Gasteiger partial charge in [0.1, 0.15) is 0 Å². The number of nitrogens with zero attached hydrogens (tertiary/aromatic N) is 4. The van der Waals surface area contributed by atoms with E-state index in [2.05, 4.69) is 108 Å². The van der Waals surface area contributed by atoms with E-state index >= 15 is 0 Å². The van der Waals surface area contributed by atoms with Crippen LogP contribution in [0.4, 0.5) is 0 Å². The molecule has 4 heterocycles. The van der Waals surface area contributed by atoms with Crippen molar-refractivity contribution in [3.63, 3.8) is 0 Å². The van der Waals surface area contributed by atoms with E-state index < -0.39 is 0 Å². The largest absolute Gasteiger partial charge is 0.276 e. The fourth-order valence-electron chi connectivity index (χ4n) is 6.17. The van der Waals surface area contributed by atoms with E-state index in [0.717, 1.165) is 55.7 Å². The number of aromatic nitrogens is 4. The molecule has 9 rings (SSSR count). The van der Waals surface area contributed by atoms with Crippen LogP contribution in [0.1, 0.15) is 0 Å². The molecule has 5 aromatic carbocycles. The maximum atomic E-state index is 5.33. The summed E-state index contributed by atoms with van der Waals surface area (Å²) in [5.41, 5.74) is 8.86. The van der Waals surface area contributed by atoms with Crippen LogP contribution in [0, 0.1) is 0 Å². The smallest absolute Gasteiger partial charge is 0.235 e. The third-order valence-corrected chi connectivity index (χ3v) is 9.44. The van der Waals surface area contributed by atoms with Gasteiger partial charge in [0.05, 0.1) is 33.6 Å². The molecule has 0 aliphatic carbocycles. The third-order valence-electron chi connectivity index (χ3n) is 8.24. The topological polar surface area (TPSA) is 43.6 Å². The van der Waals surface area contributed by atoms with E-state index in [4.69, 9.17) is 15.0 Å². The van der Waals surface area contributed by atoms with Crippen LogP contribution in [-0.2, 0) is 0 Å². The van der Waals surface area contributed by atoms with Gasteiger partial charge in [0.15, 0.2) is 0 Å². The Hall–Kier alpha value is -5.65. The van der Waals surface area contributed by atoms with Gasteiger partial charge in [-0.3, -0.25) is 4.57 Å². The van der Waals surface area contributed by atoms with E-state index in [1.54, 1.807) is 0 Å². The van der Waals surface area contributed by atoms with Gasteiger partial charge in [-0.2, -0.15) is 0 Å². The van der Waals surface area contributed by atoms with Crippen molar-refractivity contribution < 1.29 is 0 Å². The molecule has 0 saturated heterocycles. The molecule has 9 aromatic rings. The summed E-state index contributed by atoms with van der Waals surface area (Å²) >= 11 is 1.82. The minimum Gasteiger partial charge on any atom is -0.276 e. The Bertz CT molecular complexity index is 2420. The molecule has 0 amide bonds. The summed E-state index contributed by atoms with van der Waals surface area (Å²) in [4.78, 5) is 15.7. The van der Waals surface area contributed by atoms with E-state index in [9.17, 15) is 0 Å². The van der Waals surface area contributed by atoms with Crippen LogP contribution in [0.2, 0.25) is 0 Å². The summed E-state index contributed by atoms with van der Waals surface area (Å²) in [5, 5.41) is 3.64. The summed E-state index contributed by atoms with van der Waals surface area (Å²) in [5.74, 6) is 0.625. The summed E-state index contributed by atoms with van der Waals surface area (Å²) < 4.78 is 4.69. The van der Waals surface area contributed by atoms with Crippen LogP contribution in [0.15, 0.2) is 146 Å². The van der Waals surface area contributed by atoms with Gasteiger partial charge in [0.25, 0.3) is 0 Å². The lowest BCUT2D eigenvalue weighted by molar-refractivity contribution is 0.995. The first kappa shape index (κ1) is 24.9. The second-order valence-corrected chi connectivity index (χ2v) is 11.9. The molecule has 0 aliphatic rings. The molecule has 0 unspecified atom stereocenters. The van der Waals surface area contributed by atoms with Crippen molar-refractivity contribution in [3.05, 3.63) is 146 Å². The SMILES string of the molecule is c1ccc(-c2cc(-c3ccccc3)nc(-n3c4ccc(-c5ccccc5)nc4c4c5sc6ccccc6c5ccc43)n2)cc1. The molecule has 0 atom stereocenters. The third kappa shape index (κ3) is 3.94. The highest BCUT2D eigenvalue weighted by Crippen LogP contribution is 2.43. The summed E-state index contributed by atoms with van der Waals surface area (Å²) in [7, 11) is 0. The normalized spacial score (nSPS) is 11.6. The summed E-state index contributed by atoms with van der Waals surface area (Å²) in [6, 6.07) is 50.5. The molecular formula is C39H24N4S. The zero-order chi connectivity index (χ0) is 29.0. The van der Waals surface area contributed by atoms with Crippen LogP contribution < -0.4 is 0 Å². The van der Waals surface area contributed by atoms with Gasteiger partial charge in [-0.1, -0.05) is 115 Å². The second-order valence-electron chi connectivity index (χ2n) is 10.9. The van der Waals surface area contributed by atoms with Crippen LogP contribution in [0.5, 0.6) is 0 Å². The molecule has 0 spiro atoms. The fourth-order valence-corrected chi connectivity index (χ4v) is 7.42. The van der Waals surface area contributed by atoms with Gasteiger partial charge in [-0.15, -0.1) is 11.3 Å². The first-order valence-corrected chi connectivity index (χ1v) is 15.4. The Morgan fingerprint density at radius 1 is 0.455 bits per heavy atom. The molecule has 4 nitrogen and oxygen atoms in total. The number of rotatable bonds is 4. The number of hydrogen-bond donors (Lipinski definition) is 0. The van der Waals surface area contributed by atoms with Crippen molar-refractivity contribution in [1.82, 2.24) is 19.5 Å². The molecule has 0 radical (unpaired) electrons. The molecule has 5 heteroatoms. The first-order chi connectivity index (χ1) is 21.8. The average Bonchev–Trinajstić information content (AvgIpc) is 3.64. The monoisotopic (exact) mass is 580 g/mol. The number of fused-ring (bicyclic) bond motifs is 7. The molecule has 0 aliphatic heterocycles. The number of hydrogen-bond acceptors (Lipinski definition) is 4. The molecule has 0 N–H and O–H groups in total. The molecular weight excluding hydrogens is 557 g/mol. The number of pyridine rings is 1. The molecule has 0 fully saturated rings. The predicted molar refractivity (Wildman–Crippen MR) is 183 cm³/mol. The van der Waals surface area contributed by atoms with E-state index in [1.165, 1.54) is 20.2 Å². The Morgan fingerprint density at radius 2 is 1.02 bits per heavy atom. The maximum absolute atomic E-state index is 5.33. The maximum Gasteiger partial charge on any atom is 0.235 e. The highest BCUT2D eigenvalue weighted by Gasteiger charge is 2.21.